The summed E-state index contributed by atoms with van der Waals surface area (Å²) in [6, 6.07) is 8.14. The number of benzene rings is 1. The van der Waals surface area contributed by atoms with E-state index in [1.165, 1.54) is 0 Å². The van der Waals surface area contributed by atoms with Gasteiger partial charge in [-0.15, -0.1) is 0 Å². The van der Waals surface area contributed by atoms with Gasteiger partial charge in [-0.2, -0.15) is 4.98 Å². The fourth-order valence-electron chi connectivity index (χ4n) is 3.14. The molecule has 0 amide bonds. The van der Waals surface area contributed by atoms with Crippen molar-refractivity contribution in [3.05, 3.63) is 24.3 Å². The van der Waals surface area contributed by atoms with Gasteiger partial charge in [-0.05, 0) is 25.0 Å². The molecule has 112 valence electrons. The van der Waals surface area contributed by atoms with E-state index in [4.69, 9.17) is 0 Å². The van der Waals surface area contributed by atoms with Crippen LogP contribution in [0.2, 0.25) is 0 Å². The molecule has 1 fully saturated rings. The number of nitrogens with zero attached hydrogens (tertiary/aromatic N) is 3. The van der Waals surface area contributed by atoms with Gasteiger partial charge >= 0.3 is 0 Å². The van der Waals surface area contributed by atoms with Crippen LogP contribution in [0.3, 0.4) is 0 Å². The van der Waals surface area contributed by atoms with E-state index in [-0.39, 0.29) is 12.1 Å². The molecule has 0 radical (unpaired) electrons. The molecule has 0 spiro atoms. The summed E-state index contributed by atoms with van der Waals surface area (Å²) in [5, 5.41) is 14.3. The lowest BCUT2D eigenvalue weighted by Crippen LogP contribution is -2.44. The molecule has 0 bridgehead atoms. The molecule has 2 atom stereocenters. The number of hydrogen-bond donors (Lipinski definition) is 2. The Hall–Kier alpha value is -1.88. The molecule has 3 rings (SSSR count). The zero-order valence-corrected chi connectivity index (χ0v) is 12.6. The Bertz CT molecular complexity index is 631. The van der Waals surface area contributed by atoms with Crippen molar-refractivity contribution in [2.24, 2.45) is 0 Å². The zero-order chi connectivity index (χ0) is 14.8. The molecule has 5 nitrogen and oxygen atoms in total. The summed E-state index contributed by atoms with van der Waals surface area (Å²) in [6.45, 7) is 0. The monoisotopic (exact) mass is 286 g/mol. The topological polar surface area (TPSA) is 61.3 Å². The smallest absolute Gasteiger partial charge is 0.224 e. The second-order valence-corrected chi connectivity index (χ2v) is 5.67. The normalized spacial score (nSPS) is 22.2. The second kappa shape index (κ2) is 5.85. The molecular weight excluding hydrogens is 264 g/mol. The first-order valence-electron chi connectivity index (χ1n) is 7.56. The van der Waals surface area contributed by atoms with Crippen molar-refractivity contribution in [2.75, 3.05) is 24.3 Å². The Morgan fingerprint density at radius 1 is 1.19 bits per heavy atom. The Balaban J connectivity index is 2.05. The van der Waals surface area contributed by atoms with Crippen molar-refractivity contribution in [3.8, 4) is 0 Å². The number of nitrogens with one attached hydrogen (secondary N) is 1. The van der Waals surface area contributed by atoms with E-state index in [1.807, 2.05) is 38.4 Å². The van der Waals surface area contributed by atoms with Crippen LogP contribution in [-0.4, -0.2) is 41.3 Å². The highest BCUT2D eigenvalue weighted by atomic mass is 16.3. The average molecular weight is 286 g/mol. The minimum Gasteiger partial charge on any atom is -0.391 e. The van der Waals surface area contributed by atoms with Crippen molar-refractivity contribution in [1.29, 1.82) is 0 Å². The van der Waals surface area contributed by atoms with Crippen LogP contribution in [0.5, 0.6) is 0 Å². The molecule has 1 aliphatic rings. The Morgan fingerprint density at radius 2 is 1.95 bits per heavy atom. The fourth-order valence-corrected chi connectivity index (χ4v) is 3.14. The molecule has 1 aromatic carbocycles. The maximum absolute atomic E-state index is 10.3. The summed E-state index contributed by atoms with van der Waals surface area (Å²) in [6.07, 6.45) is 3.86. The summed E-state index contributed by atoms with van der Waals surface area (Å²) >= 11 is 0. The van der Waals surface area contributed by atoms with Crippen molar-refractivity contribution >= 4 is 22.7 Å². The average Bonchev–Trinajstić information content (AvgIpc) is 2.53. The Labute approximate surface area is 125 Å². The van der Waals surface area contributed by atoms with Crippen molar-refractivity contribution < 1.29 is 5.11 Å². The van der Waals surface area contributed by atoms with Crippen molar-refractivity contribution in [3.63, 3.8) is 0 Å². The van der Waals surface area contributed by atoms with Crippen LogP contribution in [0.25, 0.3) is 10.9 Å². The Morgan fingerprint density at radius 3 is 2.71 bits per heavy atom. The molecule has 1 aliphatic carbocycles. The number of hydrogen-bond acceptors (Lipinski definition) is 5. The van der Waals surface area contributed by atoms with Crippen LogP contribution < -0.4 is 10.2 Å². The van der Waals surface area contributed by atoms with Crippen molar-refractivity contribution in [2.45, 2.75) is 37.8 Å². The predicted molar refractivity (Wildman–Crippen MR) is 85.8 cm³/mol. The van der Waals surface area contributed by atoms with Crippen LogP contribution in [0.4, 0.5) is 11.8 Å². The number of likely N-dealkylation sites (N-methyl/N-ethyl adjacent to an activating group) is 1. The van der Waals surface area contributed by atoms with Gasteiger partial charge in [0.2, 0.25) is 5.95 Å². The van der Waals surface area contributed by atoms with E-state index in [0.717, 1.165) is 42.4 Å². The molecule has 1 saturated carbocycles. The molecule has 1 heterocycles. The van der Waals surface area contributed by atoms with Gasteiger partial charge < -0.3 is 15.3 Å². The number of aliphatic hydroxyl groups excluding tert-OH is 1. The summed E-state index contributed by atoms with van der Waals surface area (Å²) in [5.74, 6) is 1.50. The van der Waals surface area contributed by atoms with E-state index < -0.39 is 0 Å². The highest BCUT2D eigenvalue weighted by molar-refractivity contribution is 5.90. The van der Waals surface area contributed by atoms with E-state index >= 15 is 0 Å². The van der Waals surface area contributed by atoms with Gasteiger partial charge in [-0.1, -0.05) is 25.0 Å². The number of rotatable bonds is 3. The minimum atomic E-state index is -0.282. The molecule has 21 heavy (non-hydrogen) atoms. The van der Waals surface area contributed by atoms with Crippen LogP contribution in [0.15, 0.2) is 24.3 Å². The molecule has 2 unspecified atom stereocenters. The van der Waals surface area contributed by atoms with Crippen LogP contribution in [-0.2, 0) is 0 Å². The van der Waals surface area contributed by atoms with Gasteiger partial charge in [0.25, 0.3) is 0 Å². The van der Waals surface area contributed by atoms with Gasteiger partial charge in [0.15, 0.2) is 0 Å². The summed E-state index contributed by atoms with van der Waals surface area (Å²) in [7, 11) is 3.84. The summed E-state index contributed by atoms with van der Waals surface area (Å²) < 4.78 is 0. The highest BCUT2D eigenvalue weighted by Gasteiger charge is 2.28. The van der Waals surface area contributed by atoms with Crippen LogP contribution in [0, 0.1) is 0 Å². The van der Waals surface area contributed by atoms with Crippen LogP contribution >= 0.6 is 0 Å². The van der Waals surface area contributed by atoms with Gasteiger partial charge in [0, 0.05) is 19.5 Å². The first-order valence-corrected chi connectivity index (χ1v) is 7.56. The number of aromatic nitrogens is 2. The van der Waals surface area contributed by atoms with E-state index in [1.54, 1.807) is 0 Å². The Kier molecular flexibility index (Phi) is 3.92. The SMILES string of the molecule is CNc1nc(N(C)C2CCCCC2O)c2ccccc2n1. The molecule has 1 aromatic heterocycles. The second-order valence-electron chi connectivity index (χ2n) is 5.67. The van der Waals surface area contributed by atoms with Gasteiger partial charge in [0.1, 0.15) is 5.82 Å². The van der Waals surface area contributed by atoms with Gasteiger partial charge in [-0.25, -0.2) is 4.98 Å². The first kappa shape index (κ1) is 14.1. The lowest BCUT2D eigenvalue weighted by molar-refractivity contribution is 0.106. The molecule has 0 saturated heterocycles. The third kappa shape index (κ3) is 2.65. The number of fused-ring (bicyclic) bond motifs is 1. The minimum absolute atomic E-state index is 0.127. The molecule has 2 N–H and O–H groups in total. The summed E-state index contributed by atoms with van der Waals surface area (Å²) in [4.78, 5) is 11.2. The van der Waals surface area contributed by atoms with E-state index in [2.05, 4.69) is 20.2 Å². The quantitative estimate of drug-likeness (QED) is 0.907. The maximum Gasteiger partial charge on any atom is 0.224 e. The zero-order valence-electron chi connectivity index (χ0n) is 12.6. The van der Waals surface area contributed by atoms with Crippen LogP contribution in [0.1, 0.15) is 25.7 Å². The number of anilines is 2. The molecule has 5 heteroatoms. The van der Waals surface area contributed by atoms with Gasteiger partial charge in [-0.3, -0.25) is 0 Å². The predicted octanol–water partition coefficient (Wildman–Crippen LogP) is 2.41. The maximum atomic E-state index is 10.3. The highest BCUT2D eigenvalue weighted by Crippen LogP contribution is 2.30. The molecule has 2 aromatic rings. The number of para-hydroxylation sites is 1. The third-order valence-corrected chi connectivity index (χ3v) is 4.33. The molecular formula is C16H22N4O. The number of aliphatic hydroxyl groups is 1. The fraction of sp³-hybridized carbons (Fsp3) is 0.500. The summed E-state index contributed by atoms with van der Waals surface area (Å²) in [5.41, 5.74) is 0.920. The van der Waals surface area contributed by atoms with Gasteiger partial charge in [0.05, 0.1) is 17.7 Å². The first-order chi connectivity index (χ1) is 10.2. The third-order valence-electron chi connectivity index (χ3n) is 4.33. The lowest BCUT2D eigenvalue weighted by Gasteiger charge is -2.36. The molecule has 0 aliphatic heterocycles. The van der Waals surface area contributed by atoms with E-state index in [0.29, 0.717) is 5.95 Å². The largest absolute Gasteiger partial charge is 0.391 e. The van der Waals surface area contributed by atoms with E-state index in [9.17, 15) is 5.11 Å². The lowest BCUT2D eigenvalue weighted by atomic mass is 9.91. The standard InChI is InChI=1S/C16H22N4O/c1-17-16-18-12-8-4-3-7-11(12)15(19-16)20(2)13-9-5-6-10-14(13)21/h3-4,7-8,13-14,21H,5-6,9-10H2,1-2H3,(H,17,18,19). The van der Waals surface area contributed by atoms with Crippen molar-refractivity contribution in [1.82, 2.24) is 9.97 Å².